The minimum atomic E-state index is -4.38. The molecule has 0 aromatic rings. The second kappa shape index (κ2) is 41.6. The Kier molecular flexibility index (Phi) is 40.3. The van der Waals surface area contributed by atoms with Gasteiger partial charge in [-0.15, -0.1) is 0 Å². The number of ether oxygens (including phenoxy) is 2. The molecule has 0 amide bonds. The third-order valence-electron chi connectivity index (χ3n) is 10.4. The lowest BCUT2D eigenvalue weighted by Crippen LogP contribution is -2.37. The molecule has 9 nitrogen and oxygen atoms in total. The number of nitrogens with zero attached hydrogens (tertiary/aromatic N) is 1. The van der Waals surface area contributed by atoms with E-state index in [2.05, 4.69) is 50.3 Å². The van der Waals surface area contributed by atoms with Gasteiger partial charge in [0.05, 0.1) is 27.7 Å². The number of rotatable bonds is 44. The van der Waals surface area contributed by atoms with Gasteiger partial charge in [-0.3, -0.25) is 18.6 Å². The number of unbranched alkanes of at least 4 members (excludes halogenated alkanes) is 24. The lowest BCUT2D eigenvalue weighted by molar-refractivity contribution is -0.870. The Balaban J connectivity index is 4.26. The molecule has 0 aliphatic rings. The van der Waals surface area contributed by atoms with Gasteiger partial charge in [0.1, 0.15) is 19.8 Å². The van der Waals surface area contributed by atoms with Crippen LogP contribution in [0, 0.1) is 0 Å². The highest BCUT2D eigenvalue weighted by atomic mass is 31.2. The fourth-order valence-electron chi connectivity index (χ4n) is 6.55. The molecule has 59 heavy (non-hydrogen) atoms. The topological polar surface area (TPSA) is 108 Å². The molecule has 0 spiro atoms. The Labute approximate surface area is 363 Å². The van der Waals surface area contributed by atoms with Gasteiger partial charge < -0.3 is 18.9 Å². The molecule has 2 unspecified atom stereocenters. The van der Waals surface area contributed by atoms with E-state index < -0.39 is 26.5 Å². The summed E-state index contributed by atoms with van der Waals surface area (Å²) in [5, 5.41) is 0. The number of phosphoric acid groups is 1. The summed E-state index contributed by atoms with van der Waals surface area (Å²) in [6.45, 7) is 4.38. The molecular weight excluding hydrogens is 762 g/mol. The molecule has 10 heteroatoms. The Bertz CT molecular complexity index is 1100. The zero-order chi connectivity index (χ0) is 43.6. The molecule has 0 fully saturated rings. The molecule has 346 valence electrons. The first-order valence-electron chi connectivity index (χ1n) is 24.2. The van der Waals surface area contributed by atoms with Crippen LogP contribution in [0.25, 0.3) is 0 Å². The van der Waals surface area contributed by atoms with Crippen molar-refractivity contribution in [1.29, 1.82) is 0 Å². The van der Waals surface area contributed by atoms with E-state index in [0.29, 0.717) is 17.4 Å². The molecular formula is C49H93NO8P+. The average Bonchev–Trinajstić information content (AvgIpc) is 3.19. The zero-order valence-corrected chi connectivity index (χ0v) is 39.9. The van der Waals surface area contributed by atoms with Gasteiger partial charge in [-0.1, -0.05) is 172 Å². The number of quaternary nitrogens is 1. The van der Waals surface area contributed by atoms with Crippen molar-refractivity contribution >= 4 is 19.8 Å². The van der Waals surface area contributed by atoms with E-state index in [0.717, 1.165) is 64.2 Å². The van der Waals surface area contributed by atoms with Crippen molar-refractivity contribution < 1.29 is 42.1 Å². The maximum absolute atomic E-state index is 12.7. The predicted octanol–water partition coefficient (Wildman–Crippen LogP) is 14.1. The zero-order valence-electron chi connectivity index (χ0n) is 39.0. The van der Waals surface area contributed by atoms with E-state index in [9.17, 15) is 19.0 Å². The van der Waals surface area contributed by atoms with Crippen LogP contribution in [0.3, 0.4) is 0 Å². The Hall–Kier alpha value is -1.77. The first-order chi connectivity index (χ1) is 28.5. The highest BCUT2D eigenvalue weighted by Crippen LogP contribution is 2.43. The number of carbonyl (C=O) groups excluding carboxylic acids is 2. The SMILES string of the molecule is CCCC/C=C\C/C=C\CCCCCCCC(=O)OC(COC(=O)CCCCCCCCCCC/C=C\CCCCCCCCCC)COP(=O)(O)OCC[N+](C)(C)C. The van der Waals surface area contributed by atoms with Gasteiger partial charge in [-0.25, -0.2) is 4.57 Å². The number of allylic oxidation sites excluding steroid dienone is 6. The lowest BCUT2D eigenvalue weighted by atomic mass is 10.1. The van der Waals surface area contributed by atoms with Crippen molar-refractivity contribution in [2.45, 2.75) is 219 Å². The van der Waals surface area contributed by atoms with Crippen LogP contribution < -0.4 is 0 Å². The standard InChI is InChI=1S/C49H92NO8P/c1-6-8-10-12-14-16-18-20-22-23-24-25-26-27-28-30-31-33-35-37-39-41-48(51)55-45-47(46-57-59(53,54)56-44-43-50(3,4)5)58-49(52)42-40-38-36-34-32-29-21-19-17-15-13-11-9-7-2/h13,15,19,21,23-24,47H,6-12,14,16-18,20,22,25-46H2,1-5H3/p+1/b15-13-,21-19-,24-23-. The molecule has 0 saturated heterocycles. The van der Waals surface area contributed by atoms with Gasteiger partial charge in [-0.2, -0.15) is 0 Å². The highest BCUT2D eigenvalue weighted by Gasteiger charge is 2.27. The van der Waals surface area contributed by atoms with Crippen molar-refractivity contribution in [3.05, 3.63) is 36.5 Å². The maximum atomic E-state index is 12.7. The fourth-order valence-corrected chi connectivity index (χ4v) is 7.30. The van der Waals surface area contributed by atoms with Gasteiger partial charge in [-0.05, 0) is 64.2 Å². The first kappa shape index (κ1) is 57.2. The highest BCUT2D eigenvalue weighted by molar-refractivity contribution is 7.47. The molecule has 0 heterocycles. The average molecular weight is 855 g/mol. The molecule has 0 aromatic carbocycles. The van der Waals surface area contributed by atoms with Crippen molar-refractivity contribution in [3.8, 4) is 0 Å². The van der Waals surface area contributed by atoms with Crippen LogP contribution in [0.15, 0.2) is 36.5 Å². The van der Waals surface area contributed by atoms with Crippen molar-refractivity contribution in [2.75, 3.05) is 47.5 Å². The number of hydrogen-bond donors (Lipinski definition) is 1. The summed E-state index contributed by atoms with van der Waals surface area (Å²) in [6.07, 6.45) is 47.6. The summed E-state index contributed by atoms with van der Waals surface area (Å²) in [5.41, 5.74) is 0. The third kappa shape index (κ3) is 45.6. The Morgan fingerprint density at radius 1 is 0.525 bits per heavy atom. The lowest BCUT2D eigenvalue weighted by Gasteiger charge is -2.24. The smallest absolute Gasteiger partial charge is 0.462 e. The molecule has 0 aliphatic heterocycles. The minimum Gasteiger partial charge on any atom is -0.462 e. The number of esters is 2. The van der Waals surface area contributed by atoms with Crippen LogP contribution in [0.2, 0.25) is 0 Å². The van der Waals surface area contributed by atoms with Crippen LogP contribution in [0.1, 0.15) is 213 Å². The van der Waals surface area contributed by atoms with Gasteiger partial charge in [0.2, 0.25) is 0 Å². The van der Waals surface area contributed by atoms with Gasteiger partial charge in [0, 0.05) is 12.8 Å². The third-order valence-corrected chi connectivity index (χ3v) is 11.4. The van der Waals surface area contributed by atoms with Crippen LogP contribution in [0.5, 0.6) is 0 Å². The Morgan fingerprint density at radius 3 is 1.41 bits per heavy atom. The summed E-state index contributed by atoms with van der Waals surface area (Å²) in [6, 6.07) is 0. The number of carbonyl (C=O) groups is 2. The number of phosphoric ester groups is 1. The van der Waals surface area contributed by atoms with E-state index in [1.807, 2.05) is 21.1 Å². The predicted molar refractivity (Wildman–Crippen MR) is 247 cm³/mol. The molecule has 0 rings (SSSR count). The molecule has 0 radical (unpaired) electrons. The van der Waals surface area contributed by atoms with E-state index in [1.165, 1.54) is 116 Å². The monoisotopic (exact) mass is 855 g/mol. The molecule has 2 atom stereocenters. The first-order valence-corrected chi connectivity index (χ1v) is 25.7. The quantitative estimate of drug-likeness (QED) is 0.0212. The number of hydrogen-bond acceptors (Lipinski definition) is 7. The van der Waals surface area contributed by atoms with Gasteiger partial charge in [0.15, 0.2) is 6.10 Å². The summed E-state index contributed by atoms with van der Waals surface area (Å²) in [4.78, 5) is 35.4. The normalized spacial score (nSPS) is 13.8. The summed E-state index contributed by atoms with van der Waals surface area (Å²) in [7, 11) is 1.47. The molecule has 0 saturated carbocycles. The van der Waals surface area contributed by atoms with Crippen LogP contribution >= 0.6 is 7.82 Å². The summed E-state index contributed by atoms with van der Waals surface area (Å²) >= 11 is 0. The second-order valence-corrected chi connectivity index (χ2v) is 18.9. The molecule has 0 aromatic heterocycles. The van der Waals surface area contributed by atoms with Crippen LogP contribution in [-0.4, -0.2) is 74.9 Å². The Morgan fingerprint density at radius 2 is 0.932 bits per heavy atom. The molecule has 0 bridgehead atoms. The maximum Gasteiger partial charge on any atom is 0.472 e. The van der Waals surface area contributed by atoms with E-state index in [-0.39, 0.29) is 32.0 Å². The number of likely N-dealkylation sites (N-methyl/N-ethyl adjacent to an activating group) is 1. The van der Waals surface area contributed by atoms with E-state index in [4.69, 9.17) is 18.5 Å². The van der Waals surface area contributed by atoms with E-state index >= 15 is 0 Å². The summed E-state index contributed by atoms with van der Waals surface area (Å²) in [5.74, 6) is -0.813. The van der Waals surface area contributed by atoms with Crippen molar-refractivity contribution in [1.82, 2.24) is 0 Å². The minimum absolute atomic E-state index is 0.0286. The van der Waals surface area contributed by atoms with Gasteiger partial charge >= 0.3 is 19.8 Å². The molecule has 1 N–H and O–H groups in total. The van der Waals surface area contributed by atoms with Gasteiger partial charge in [0.25, 0.3) is 0 Å². The summed E-state index contributed by atoms with van der Waals surface area (Å²) < 4.78 is 34.4. The largest absolute Gasteiger partial charge is 0.472 e. The fraction of sp³-hybridized carbons (Fsp3) is 0.837. The van der Waals surface area contributed by atoms with Crippen LogP contribution in [0.4, 0.5) is 0 Å². The molecule has 0 aliphatic carbocycles. The van der Waals surface area contributed by atoms with Crippen LogP contribution in [-0.2, 0) is 32.7 Å². The van der Waals surface area contributed by atoms with Crippen molar-refractivity contribution in [3.63, 3.8) is 0 Å². The second-order valence-electron chi connectivity index (χ2n) is 17.5. The van der Waals surface area contributed by atoms with Crippen molar-refractivity contribution in [2.24, 2.45) is 0 Å². The van der Waals surface area contributed by atoms with E-state index in [1.54, 1.807) is 0 Å².